The summed E-state index contributed by atoms with van der Waals surface area (Å²) in [6, 6.07) is 19.5. The van der Waals surface area contributed by atoms with Crippen LogP contribution in [0.25, 0.3) is 22.0 Å². The Morgan fingerprint density at radius 2 is 1.51 bits per heavy atom. The van der Waals surface area contributed by atoms with Crippen LogP contribution in [0.1, 0.15) is 6.92 Å². The predicted octanol–water partition coefficient (Wildman–Crippen LogP) is 5.74. The predicted molar refractivity (Wildman–Crippen MR) is 136 cm³/mol. The van der Waals surface area contributed by atoms with Gasteiger partial charge in [-0.2, -0.15) is 0 Å². The summed E-state index contributed by atoms with van der Waals surface area (Å²) in [5, 5.41) is 13.7. The molecule has 0 bridgehead atoms. The molecule has 6 nitrogen and oxygen atoms in total. The lowest BCUT2D eigenvalue weighted by atomic mass is 10.0. The normalized spacial score (nSPS) is 15.6. The molecule has 2 heterocycles. The second-order valence-electron chi connectivity index (χ2n) is 8.35. The number of rotatable bonds is 3. The summed E-state index contributed by atoms with van der Waals surface area (Å²) in [5.74, 6) is 0.110. The van der Waals surface area contributed by atoms with Gasteiger partial charge in [-0.15, -0.1) is 22.6 Å². The van der Waals surface area contributed by atoms with E-state index in [1.54, 1.807) is 29.2 Å². The van der Waals surface area contributed by atoms with Crippen molar-refractivity contribution in [3.63, 3.8) is 0 Å². The van der Waals surface area contributed by atoms with E-state index < -0.39 is 0 Å². The van der Waals surface area contributed by atoms with Crippen molar-refractivity contribution in [1.29, 1.82) is 0 Å². The number of urea groups is 1. The number of amides is 2. The van der Waals surface area contributed by atoms with Crippen molar-refractivity contribution in [2.75, 3.05) is 29.9 Å². The Morgan fingerprint density at radius 3 is 2.17 bits per heavy atom. The fourth-order valence-corrected chi connectivity index (χ4v) is 4.32. The van der Waals surface area contributed by atoms with Crippen molar-refractivity contribution in [2.24, 2.45) is 0 Å². The summed E-state index contributed by atoms with van der Waals surface area (Å²) in [6.45, 7) is 3.67. The van der Waals surface area contributed by atoms with Crippen LogP contribution in [-0.2, 0) is 0 Å². The number of fused-ring (bicyclic) bond motifs is 1. The second-order valence-corrected chi connectivity index (χ2v) is 8.35. The number of carbonyl (C=O) groups is 1. The lowest BCUT2D eigenvalue weighted by molar-refractivity contribution is 0.184. The number of piperazine rings is 1. The van der Waals surface area contributed by atoms with Crippen LogP contribution in [0.15, 0.2) is 72.8 Å². The molecule has 1 N–H and O–H groups in total. The van der Waals surface area contributed by atoms with Crippen LogP contribution in [0.2, 0.25) is 0 Å². The average Bonchev–Trinajstić information content (AvgIpc) is 2.85. The maximum absolute atomic E-state index is 13.4. The third kappa shape index (κ3) is 5.02. The molecule has 1 saturated heterocycles. The Balaban J connectivity index is 0.00000289. The van der Waals surface area contributed by atoms with E-state index in [9.17, 15) is 13.6 Å². The van der Waals surface area contributed by atoms with Gasteiger partial charge in [-0.25, -0.2) is 13.6 Å². The summed E-state index contributed by atoms with van der Waals surface area (Å²) in [6.07, 6.45) is 0. The van der Waals surface area contributed by atoms with Gasteiger partial charge in [0.15, 0.2) is 5.82 Å². The Kier molecular flexibility index (Phi) is 7.12. The maximum atomic E-state index is 13.4. The molecule has 1 unspecified atom stereocenters. The van der Waals surface area contributed by atoms with Crippen LogP contribution in [-0.4, -0.2) is 46.8 Å². The third-order valence-corrected chi connectivity index (χ3v) is 6.07. The highest BCUT2D eigenvalue weighted by molar-refractivity contribution is 6.00. The first-order valence-electron chi connectivity index (χ1n) is 11.1. The van der Waals surface area contributed by atoms with Gasteiger partial charge in [0.05, 0.1) is 0 Å². The third-order valence-electron chi connectivity index (χ3n) is 6.07. The smallest absolute Gasteiger partial charge is 0.322 e. The van der Waals surface area contributed by atoms with Gasteiger partial charge in [0.2, 0.25) is 0 Å². The summed E-state index contributed by atoms with van der Waals surface area (Å²) in [5.41, 5.74) is 2.05. The molecule has 5 rings (SSSR count). The Bertz CT molecular complexity index is 1330. The van der Waals surface area contributed by atoms with E-state index in [2.05, 4.69) is 20.4 Å². The first kappa shape index (κ1) is 24.3. The number of nitrogens with zero attached hydrogens (tertiary/aromatic N) is 4. The molecule has 0 spiro atoms. The van der Waals surface area contributed by atoms with Crippen LogP contribution >= 0.6 is 12.4 Å². The highest BCUT2D eigenvalue weighted by Crippen LogP contribution is 2.32. The molecule has 35 heavy (non-hydrogen) atoms. The fraction of sp³-hybridized carbons (Fsp3) is 0.192. The number of aromatic nitrogens is 2. The first-order chi connectivity index (χ1) is 16.5. The molecule has 2 amide bonds. The van der Waals surface area contributed by atoms with Gasteiger partial charge in [0.25, 0.3) is 0 Å². The number of hydrogen-bond acceptors (Lipinski definition) is 4. The lowest BCUT2D eigenvalue weighted by Gasteiger charge is -2.40. The van der Waals surface area contributed by atoms with E-state index in [0.29, 0.717) is 31.0 Å². The number of nitrogens with one attached hydrogen (secondary N) is 1. The van der Waals surface area contributed by atoms with Gasteiger partial charge in [0.1, 0.15) is 17.3 Å². The van der Waals surface area contributed by atoms with Gasteiger partial charge in [-0.3, -0.25) is 0 Å². The standard InChI is InChI=1S/C26H23F2N5O.ClH/c1-17-16-32(14-15-33(17)26(34)29-21-12-10-20(28)11-13-21)25-23-5-3-2-4-22(23)24(30-31-25)18-6-8-19(27)9-7-18;/h2-13,17H,14-16H2,1H3,(H,29,34);1H. The van der Waals surface area contributed by atoms with Gasteiger partial charge < -0.3 is 15.1 Å². The topological polar surface area (TPSA) is 61.4 Å². The zero-order valence-electron chi connectivity index (χ0n) is 19.0. The van der Waals surface area contributed by atoms with Crippen molar-refractivity contribution >= 4 is 40.7 Å². The molecule has 9 heteroatoms. The van der Waals surface area contributed by atoms with Crippen LogP contribution in [0.3, 0.4) is 0 Å². The highest BCUT2D eigenvalue weighted by Gasteiger charge is 2.29. The molecule has 180 valence electrons. The molecule has 1 aliphatic rings. The van der Waals surface area contributed by atoms with Gasteiger partial charge in [-0.05, 0) is 55.5 Å². The summed E-state index contributed by atoms with van der Waals surface area (Å²) >= 11 is 0. The molecule has 0 radical (unpaired) electrons. The lowest BCUT2D eigenvalue weighted by Crippen LogP contribution is -2.55. The summed E-state index contributed by atoms with van der Waals surface area (Å²) < 4.78 is 26.5. The molecular formula is C26H24ClF2N5O. The Hall–Kier alpha value is -3.78. The van der Waals surface area contributed by atoms with E-state index in [-0.39, 0.29) is 36.1 Å². The van der Waals surface area contributed by atoms with Crippen molar-refractivity contribution in [3.8, 4) is 11.3 Å². The summed E-state index contributed by atoms with van der Waals surface area (Å²) in [7, 11) is 0. The van der Waals surface area contributed by atoms with Gasteiger partial charge in [0, 0.05) is 47.7 Å². The summed E-state index contributed by atoms with van der Waals surface area (Å²) in [4.78, 5) is 16.7. The van der Waals surface area contributed by atoms with Crippen LogP contribution in [0, 0.1) is 11.6 Å². The Morgan fingerprint density at radius 1 is 0.886 bits per heavy atom. The molecule has 1 atom stereocenters. The van der Waals surface area contributed by atoms with E-state index in [4.69, 9.17) is 0 Å². The number of carbonyl (C=O) groups excluding carboxylic acids is 1. The van der Waals surface area contributed by atoms with Crippen LogP contribution in [0.5, 0.6) is 0 Å². The van der Waals surface area contributed by atoms with Gasteiger partial charge >= 0.3 is 6.03 Å². The van der Waals surface area contributed by atoms with Crippen LogP contribution in [0.4, 0.5) is 25.1 Å². The minimum absolute atomic E-state index is 0. The first-order valence-corrected chi connectivity index (χ1v) is 11.1. The second kappa shape index (κ2) is 10.2. The van der Waals surface area contributed by atoms with Gasteiger partial charge in [-0.1, -0.05) is 24.3 Å². The molecule has 0 saturated carbocycles. The van der Waals surface area contributed by atoms with Crippen molar-refractivity contribution in [3.05, 3.63) is 84.4 Å². The van der Waals surface area contributed by atoms with Crippen molar-refractivity contribution < 1.29 is 13.6 Å². The maximum Gasteiger partial charge on any atom is 0.322 e. The number of halogens is 3. The molecular weight excluding hydrogens is 472 g/mol. The van der Waals surface area contributed by atoms with Crippen molar-refractivity contribution in [2.45, 2.75) is 13.0 Å². The monoisotopic (exact) mass is 495 g/mol. The largest absolute Gasteiger partial charge is 0.351 e. The molecule has 3 aromatic carbocycles. The zero-order chi connectivity index (χ0) is 23.7. The minimum Gasteiger partial charge on any atom is -0.351 e. The highest BCUT2D eigenvalue weighted by atomic mass is 35.5. The molecule has 4 aromatic rings. The van der Waals surface area contributed by atoms with E-state index in [1.165, 1.54) is 24.3 Å². The fourth-order valence-electron chi connectivity index (χ4n) is 4.32. The molecule has 1 aliphatic heterocycles. The zero-order valence-corrected chi connectivity index (χ0v) is 19.8. The molecule has 1 fully saturated rings. The van der Waals surface area contributed by atoms with E-state index in [0.717, 1.165) is 22.2 Å². The number of hydrogen-bond donors (Lipinski definition) is 1. The average molecular weight is 496 g/mol. The minimum atomic E-state index is -0.348. The SMILES string of the molecule is CC1CN(c2nnc(-c3ccc(F)cc3)c3ccccc23)CCN1C(=O)Nc1ccc(F)cc1.Cl. The number of anilines is 2. The Labute approximate surface area is 208 Å². The molecule has 1 aromatic heterocycles. The van der Waals surface area contributed by atoms with Crippen LogP contribution < -0.4 is 10.2 Å². The van der Waals surface area contributed by atoms with Crippen molar-refractivity contribution in [1.82, 2.24) is 15.1 Å². The quantitative estimate of drug-likeness (QED) is 0.394. The number of benzene rings is 3. The molecule has 0 aliphatic carbocycles. The van der Waals surface area contributed by atoms with E-state index >= 15 is 0 Å². The van der Waals surface area contributed by atoms with E-state index in [1.807, 2.05) is 31.2 Å².